The highest BCUT2D eigenvalue weighted by molar-refractivity contribution is 5.99. The maximum absolute atomic E-state index is 12.5. The van der Waals surface area contributed by atoms with E-state index in [0.717, 1.165) is 37.7 Å². The second-order valence-corrected chi connectivity index (χ2v) is 6.78. The van der Waals surface area contributed by atoms with Crippen molar-refractivity contribution in [2.45, 2.75) is 37.5 Å². The number of aryl methyl sites for hydroxylation is 2. The number of carbonyl (C=O) groups is 2. The topological polar surface area (TPSA) is 43.4 Å². The van der Waals surface area contributed by atoms with Crippen LogP contribution in [0.5, 0.6) is 0 Å². The molecule has 0 N–H and O–H groups in total. The quantitative estimate of drug-likeness (QED) is 0.624. The van der Waals surface area contributed by atoms with Crippen molar-refractivity contribution in [1.82, 2.24) is 0 Å². The molecule has 2 aliphatic carbocycles. The van der Waals surface area contributed by atoms with Crippen LogP contribution in [0, 0.1) is 0 Å². The first-order valence-corrected chi connectivity index (χ1v) is 8.57. The zero-order chi connectivity index (χ0) is 16.6. The molecule has 1 fully saturated rings. The molecule has 0 atom stereocenters. The Balaban J connectivity index is 1.42. The predicted molar refractivity (Wildman–Crippen MR) is 91.1 cm³/mol. The van der Waals surface area contributed by atoms with Gasteiger partial charge in [0.1, 0.15) is 0 Å². The maximum atomic E-state index is 12.5. The molecule has 0 aromatic heterocycles. The molecule has 4 rings (SSSR count). The number of carbonyl (C=O) groups excluding carboxylic acids is 2. The minimum absolute atomic E-state index is 0.123. The molecule has 1 saturated carbocycles. The lowest BCUT2D eigenvalue weighted by Crippen LogP contribution is -2.25. The fourth-order valence-electron chi connectivity index (χ4n) is 3.59. The molecule has 0 radical (unpaired) electrons. The first-order chi connectivity index (χ1) is 11.7. The molecule has 0 heterocycles. The van der Waals surface area contributed by atoms with E-state index in [1.54, 1.807) is 0 Å². The molecule has 2 aromatic carbocycles. The van der Waals surface area contributed by atoms with Gasteiger partial charge in [0.25, 0.3) is 0 Å². The average molecular weight is 320 g/mol. The predicted octanol–water partition coefficient (Wildman–Crippen LogP) is 3.63. The Bertz CT molecular complexity index is 788. The van der Waals surface area contributed by atoms with Gasteiger partial charge < -0.3 is 4.74 Å². The standard InChI is InChI=1S/C21H20O3/c22-19(17-10-9-15-5-4-6-16(15)13-17)14-24-20(23)21(11-12-21)18-7-2-1-3-8-18/h1-3,7-10,13H,4-6,11-12,14H2. The summed E-state index contributed by atoms with van der Waals surface area (Å²) in [4.78, 5) is 24.8. The molecular weight excluding hydrogens is 300 g/mol. The maximum Gasteiger partial charge on any atom is 0.317 e. The Hall–Kier alpha value is -2.42. The molecule has 122 valence electrons. The Labute approximate surface area is 141 Å². The SMILES string of the molecule is O=C(COC(=O)C1(c2ccccc2)CC1)c1ccc2c(c1)CCC2. The van der Waals surface area contributed by atoms with Crippen LogP contribution in [0.2, 0.25) is 0 Å². The van der Waals surface area contributed by atoms with Crippen LogP contribution in [0.25, 0.3) is 0 Å². The summed E-state index contributed by atoms with van der Waals surface area (Å²) < 4.78 is 5.37. The Morgan fingerprint density at radius 3 is 2.46 bits per heavy atom. The molecular formula is C21H20O3. The van der Waals surface area contributed by atoms with E-state index in [-0.39, 0.29) is 18.4 Å². The number of ether oxygens (including phenoxy) is 1. The van der Waals surface area contributed by atoms with Crippen molar-refractivity contribution in [2.24, 2.45) is 0 Å². The molecule has 0 bridgehead atoms. The molecule has 0 aliphatic heterocycles. The van der Waals surface area contributed by atoms with Gasteiger partial charge in [-0.2, -0.15) is 0 Å². The van der Waals surface area contributed by atoms with E-state index in [4.69, 9.17) is 4.74 Å². The van der Waals surface area contributed by atoms with Crippen LogP contribution in [-0.2, 0) is 27.8 Å². The second-order valence-electron chi connectivity index (χ2n) is 6.78. The normalized spacial score (nSPS) is 17.2. The smallest absolute Gasteiger partial charge is 0.317 e. The first-order valence-electron chi connectivity index (χ1n) is 8.57. The van der Waals surface area contributed by atoms with Gasteiger partial charge in [-0.05, 0) is 54.9 Å². The van der Waals surface area contributed by atoms with Crippen LogP contribution in [0.4, 0.5) is 0 Å². The van der Waals surface area contributed by atoms with Crippen molar-refractivity contribution >= 4 is 11.8 Å². The fourth-order valence-corrected chi connectivity index (χ4v) is 3.59. The summed E-state index contributed by atoms with van der Waals surface area (Å²) in [6, 6.07) is 15.5. The summed E-state index contributed by atoms with van der Waals surface area (Å²) in [6.45, 7) is -0.174. The zero-order valence-corrected chi connectivity index (χ0v) is 13.6. The third kappa shape index (κ3) is 2.64. The summed E-state index contributed by atoms with van der Waals surface area (Å²) in [7, 11) is 0. The van der Waals surface area contributed by atoms with Gasteiger partial charge in [-0.1, -0.05) is 42.5 Å². The average Bonchev–Trinajstić information content (AvgIpc) is 3.31. The van der Waals surface area contributed by atoms with E-state index in [1.165, 1.54) is 11.1 Å². The summed E-state index contributed by atoms with van der Waals surface area (Å²) in [5.74, 6) is -0.398. The number of ketones is 1. The highest BCUT2D eigenvalue weighted by Gasteiger charge is 2.52. The van der Waals surface area contributed by atoms with Crippen LogP contribution in [0.1, 0.15) is 46.3 Å². The van der Waals surface area contributed by atoms with Gasteiger partial charge in [-0.15, -0.1) is 0 Å². The molecule has 3 heteroatoms. The first kappa shape index (κ1) is 15.1. The molecule has 24 heavy (non-hydrogen) atoms. The van der Waals surface area contributed by atoms with E-state index in [0.29, 0.717) is 5.56 Å². The van der Waals surface area contributed by atoms with Crippen molar-refractivity contribution in [1.29, 1.82) is 0 Å². The molecule has 2 aromatic rings. The van der Waals surface area contributed by atoms with Crippen molar-refractivity contribution in [2.75, 3.05) is 6.61 Å². The lowest BCUT2D eigenvalue weighted by Gasteiger charge is -2.14. The van der Waals surface area contributed by atoms with Gasteiger partial charge >= 0.3 is 5.97 Å². The Kier molecular flexibility index (Phi) is 3.72. The number of fused-ring (bicyclic) bond motifs is 1. The minimum Gasteiger partial charge on any atom is -0.457 e. The van der Waals surface area contributed by atoms with Crippen LogP contribution in [0.15, 0.2) is 48.5 Å². The van der Waals surface area contributed by atoms with Crippen LogP contribution >= 0.6 is 0 Å². The number of hydrogen-bond donors (Lipinski definition) is 0. The number of benzene rings is 2. The highest BCUT2D eigenvalue weighted by Crippen LogP contribution is 2.49. The third-order valence-electron chi connectivity index (χ3n) is 5.22. The van der Waals surface area contributed by atoms with E-state index >= 15 is 0 Å². The number of rotatable bonds is 5. The van der Waals surface area contributed by atoms with Crippen LogP contribution in [-0.4, -0.2) is 18.4 Å². The highest BCUT2D eigenvalue weighted by atomic mass is 16.5. The van der Waals surface area contributed by atoms with Gasteiger partial charge in [0.15, 0.2) is 12.4 Å². The van der Waals surface area contributed by atoms with E-state index < -0.39 is 5.41 Å². The lowest BCUT2D eigenvalue weighted by molar-refractivity contribution is -0.145. The summed E-state index contributed by atoms with van der Waals surface area (Å²) >= 11 is 0. The molecule has 2 aliphatic rings. The number of hydrogen-bond acceptors (Lipinski definition) is 3. The number of Topliss-reactive ketones (excluding diaryl/α,β-unsaturated/α-hetero) is 1. The molecule has 3 nitrogen and oxygen atoms in total. The van der Waals surface area contributed by atoms with Gasteiger partial charge in [-0.25, -0.2) is 0 Å². The molecule has 0 amide bonds. The van der Waals surface area contributed by atoms with E-state index in [1.807, 2.05) is 48.5 Å². The van der Waals surface area contributed by atoms with Gasteiger partial charge in [0.2, 0.25) is 0 Å². The summed E-state index contributed by atoms with van der Waals surface area (Å²) in [5.41, 5.74) is 3.70. The zero-order valence-electron chi connectivity index (χ0n) is 13.6. The number of esters is 1. The Morgan fingerprint density at radius 1 is 0.958 bits per heavy atom. The van der Waals surface area contributed by atoms with Crippen molar-refractivity contribution < 1.29 is 14.3 Å². The summed E-state index contributed by atoms with van der Waals surface area (Å²) in [6.07, 6.45) is 4.87. The van der Waals surface area contributed by atoms with Gasteiger partial charge in [0.05, 0.1) is 5.41 Å². The monoisotopic (exact) mass is 320 g/mol. The van der Waals surface area contributed by atoms with Gasteiger partial charge in [-0.3, -0.25) is 9.59 Å². The Morgan fingerprint density at radius 2 is 1.71 bits per heavy atom. The van der Waals surface area contributed by atoms with Crippen LogP contribution in [0.3, 0.4) is 0 Å². The molecule has 0 unspecified atom stereocenters. The van der Waals surface area contributed by atoms with Crippen molar-refractivity contribution in [3.63, 3.8) is 0 Å². The minimum atomic E-state index is -0.528. The summed E-state index contributed by atoms with van der Waals surface area (Å²) in [5, 5.41) is 0. The molecule has 0 spiro atoms. The van der Waals surface area contributed by atoms with E-state index in [2.05, 4.69) is 0 Å². The van der Waals surface area contributed by atoms with Gasteiger partial charge in [0, 0.05) is 5.56 Å². The fraction of sp³-hybridized carbons (Fsp3) is 0.333. The van der Waals surface area contributed by atoms with Crippen molar-refractivity contribution in [3.05, 3.63) is 70.8 Å². The largest absolute Gasteiger partial charge is 0.457 e. The van der Waals surface area contributed by atoms with E-state index in [9.17, 15) is 9.59 Å². The third-order valence-corrected chi connectivity index (χ3v) is 5.22. The van der Waals surface area contributed by atoms with Crippen LogP contribution < -0.4 is 0 Å². The molecule has 0 saturated heterocycles. The van der Waals surface area contributed by atoms with Crippen molar-refractivity contribution in [3.8, 4) is 0 Å². The second kappa shape index (κ2) is 5.90. The lowest BCUT2D eigenvalue weighted by atomic mass is 9.96.